The van der Waals surface area contributed by atoms with Gasteiger partial charge in [0, 0.05) is 44.5 Å². The largest absolute Gasteiger partial charge is 0.356 e. The van der Waals surface area contributed by atoms with Gasteiger partial charge in [0.1, 0.15) is 5.82 Å². The molecule has 1 amide bonds. The van der Waals surface area contributed by atoms with E-state index < -0.39 is 0 Å². The third-order valence-electron chi connectivity index (χ3n) is 5.37. The average molecular weight is 355 g/mol. The minimum atomic E-state index is 0.102. The second-order valence-electron chi connectivity index (χ2n) is 7.22. The standard InChI is InChI=1S/C20H29N5O/c1-15-16(2)23-25(17(15)3)12-9-20(26)22-13-18-7-6-11-24(14-18)19-8-4-5-10-21-19/h4-5,8,10,18H,6-7,9,11-14H2,1-3H3,(H,22,26). The van der Waals surface area contributed by atoms with Crippen LogP contribution in [0.2, 0.25) is 0 Å². The number of aryl methyl sites for hydroxylation is 2. The molecule has 2 aromatic heterocycles. The Morgan fingerprint density at radius 3 is 2.85 bits per heavy atom. The zero-order valence-corrected chi connectivity index (χ0v) is 16.0. The third-order valence-corrected chi connectivity index (χ3v) is 5.37. The van der Waals surface area contributed by atoms with E-state index in [1.54, 1.807) is 0 Å². The van der Waals surface area contributed by atoms with Crippen LogP contribution < -0.4 is 10.2 Å². The lowest BCUT2D eigenvalue weighted by Gasteiger charge is -2.33. The number of nitrogens with zero attached hydrogens (tertiary/aromatic N) is 4. The number of nitrogens with one attached hydrogen (secondary N) is 1. The number of pyridine rings is 1. The van der Waals surface area contributed by atoms with E-state index >= 15 is 0 Å². The first-order chi connectivity index (χ1) is 12.5. The van der Waals surface area contributed by atoms with E-state index in [-0.39, 0.29) is 5.91 Å². The number of rotatable bonds is 6. The molecule has 0 bridgehead atoms. The van der Waals surface area contributed by atoms with Gasteiger partial charge in [-0.1, -0.05) is 6.07 Å². The molecule has 3 heterocycles. The summed E-state index contributed by atoms with van der Waals surface area (Å²) in [5.74, 6) is 1.61. The summed E-state index contributed by atoms with van der Waals surface area (Å²) in [6.07, 6.45) is 4.60. The first-order valence-electron chi connectivity index (χ1n) is 9.48. The van der Waals surface area contributed by atoms with Crippen molar-refractivity contribution in [3.63, 3.8) is 0 Å². The predicted octanol–water partition coefficient (Wildman–Crippen LogP) is 2.63. The molecule has 1 atom stereocenters. The number of amides is 1. The Balaban J connectivity index is 1.44. The van der Waals surface area contributed by atoms with Gasteiger partial charge in [-0.25, -0.2) is 4.98 Å². The van der Waals surface area contributed by atoms with Gasteiger partial charge >= 0.3 is 0 Å². The van der Waals surface area contributed by atoms with Gasteiger partial charge in [0.2, 0.25) is 5.91 Å². The van der Waals surface area contributed by atoms with Crippen LogP contribution in [0.5, 0.6) is 0 Å². The summed E-state index contributed by atoms with van der Waals surface area (Å²) in [5.41, 5.74) is 3.40. The van der Waals surface area contributed by atoms with Crippen molar-refractivity contribution < 1.29 is 4.79 Å². The molecule has 0 radical (unpaired) electrons. The molecule has 2 aromatic rings. The molecule has 1 aliphatic rings. The molecular weight excluding hydrogens is 326 g/mol. The number of piperidine rings is 1. The summed E-state index contributed by atoms with van der Waals surface area (Å²) in [6, 6.07) is 6.02. The van der Waals surface area contributed by atoms with Gasteiger partial charge in [0.25, 0.3) is 0 Å². The van der Waals surface area contributed by atoms with Crippen LogP contribution in [0.25, 0.3) is 0 Å². The van der Waals surface area contributed by atoms with Crippen molar-refractivity contribution in [3.8, 4) is 0 Å². The van der Waals surface area contributed by atoms with Crippen LogP contribution in [0, 0.1) is 26.7 Å². The minimum Gasteiger partial charge on any atom is -0.356 e. The maximum atomic E-state index is 12.2. The monoisotopic (exact) mass is 355 g/mol. The minimum absolute atomic E-state index is 0.102. The highest BCUT2D eigenvalue weighted by Gasteiger charge is 2.21. The fourth-order valence-corrected chi connectivity index (χ4v) is 3.54. The van der Waals surface area contributed by atoms with Crippen molar-refractivity contribution in [1.82, 2.24) is 20.1 Å². The van der Waals surface area contributed by atoms with Crippen LogP contribution in [-0.2, 0) is 11.3 Å². The Bertz CT molecular complexity index is 740. The van der Waals surface area contributed by atoms with Crippen molar-refractivity contribution in [1.29, 1.82) is 0 Å². The van der Waals surface area contributed by atoms with Crippen LogP contribution in [0.3, 0.4) is 0 Å². The van der Waals surface area contributed by atoms with Crippen molar-refractivity contribution >= 4 is 11.7 Å². The molecular formula is C20H29N5O. The van der Waals surface area contributed by atoms with E-state index in [9.17, 15) is 4.79 Å². The van der Waals surface area contributed by atoms with Crippen molar-refractivity contribution in [2.45, 2.75) is 46.6 Å². The molecule has 1 unspecified atom stereocenters. The number of hydrogen-bond donors (Lipinski definition) is 1. The number of hydrogen-bond acceptors (Lipinski definition) is 4. The number of carbonyl (C=O) groups excluding carboxylic acids is 1. The molecule has 140 valence electrons. The highest BCUT2D eigenvalue weighted by atomic mass is 16.1. The first kappa shape index (κ1) is 18.4. The van der Waals surface area contributed by atoms with E-state index in [0.717, 1.165) is 49.7 Å². The second kappa shape index (κ2) is 8.34. The highest BCUT2D eigenvalue weighted by molar-refractivity contribution is 5.75. The predicted molar refractivity (Wildman–Crippen MR) is 103 cm³/mol. The van der Waals surface area contributed by atoms with Gasteiger partial charge in [-0.2, -0.15) is 5.10 Å². The van der Waals surface area contributed by atoms with E-state index in [1.165, 1.54) is 5.56 Å². The topological polar surface area (TPSA) is 63.1 Å². The lowest BCUT2D eigenvalue weighted by Crippen LogP contribution is -2.41. The van der Waals surface area contributed by atoms with Crippen LogP contribution in [0.15, 0.2) is 24.4 Å². The average Bonchev–Trinajstić information content (AvgIpc) is 2.92. The van der Waals surface area contributed by atoms with Crippen LogP contribution in [0.4, 0.5) is 5.82 Å². The molecule has 0 aromatic carbocycles. The summed E-state index contributed by atoms with van der Waals surface area (Å²) in [7, 11) is 0. The number of anilines is 1. The van der Waals surface area contributed by atoms with Gasteiger partial charge in [-0.15, -0.1) is 0 Å². The Morgan fingerprint density at radius 1 is 1.31 bits per heavy atom. The summed E-state index contributed by atoms with van der Waals surface area (Å²) in [4.78, 5) is 19.0. The Morgan fingerprint density at radius 2 is 2.15 bits per heavy atom. The smallest absolute Gasteiger partial charge is 0.221 e. The Labute approximate surface area is 155 Å². The Hall–Kier alpha value is -2.37. The molecule has 0 saturated carbocycles. The van der Waals surface area contributed by atoms with E-state index in [2.05, 4.69) is 40.2 Å². The molecule has 6 nitrogen and oxygen atoms in total. The van der Waals surface area contributed by atoms with Gasteiger partial charge in [-0.05, 0) is 57.2 Å². The fraction of sp³-hybridized carbons (Fsp3) is 0.550. The molecule has 1 saturated heterocycles. The maximum absolute atomic E-state index is 12.2. The number of aromatic nitrogens is 3. The molecule has 0 aliphatic carbocycles. The third kappa shape index (κ3) is 4.42. The van der Waals surface area contributed by atoms with Gasteiger partial charge < -0.3 is 10.2 Å². The summed E-state index contributed by atoms with van der Waals surface area (Å²) in [6.45, 7) is 9.50. The van der Waals surface area contributed by atoms with Gasteiger partial charge in [0.15, 0.2) is 0 Å². The van der Waals surface area contributed by atoms with Crippen LogP contribution >= 0.6 is 0 Å². The molecule has 1 aliphatic heterocycles. The van der Waals surface area contributed by atoms with E-state index in [0.29, 0.717) is 18.9 Å². The van der Waals surface area contributed by atoms with Crippen molar-refractivity contribution in [3.05, 3.63) is 41.3 Å². The molecule has 26 heavy (non-hydrogen) atoms. The SMILES string of the molecule is Cc1nn(CCC(=O)NCC2CCCN(c3ccccn3)C2)c(C)c1C. The highest BCUT2D eigenvalue weighted by Crippen LogP contribution is 2.20. The normalized spacial score (nSPS) is 17.3. The van der Waals surface area contributed by atoms with Crippen molar-refractivity contribution in [2.75, 3.05) is 24.5 Å². The molecule has 1 fully saturated rings. The molecule has 1 N–H and O–H groups in total. The first-order valence-corrected chi connectivity index (χ1v) is 9.48. The summed E-state index contributed by atoms with van der Waals surface area (Å²) in [5, 5.41) is 7.61. The maximum Gasteiger partial charge on any atom is 0.221 e. The molecule has 3 rings (SSSR count). The molecule has 6 heteroatoms. The lowest BCUT2D eigenvalue weighted by atomic mass is 9.98. The summed E-state index contributed by atoms with van der Waals surface area (Å²) >= 11 is 0. The quantitative estimate of drug-likeness (QED) is 0.865. The Kier molecular flexibility index (Phi) is 5.91. The fourth-order valence-electron chi connectivity index (χ4n) is 3.54. The van der Waals surface area contributed by atoms with E-state index in [4.69, 9.17) is 0 Å². The van der Waals surface area contributed by atoms with E-state index in [1.807, 2.05) is 29.9 Å². The number of carbonyl (C=O) groups is 1. The van der Waals surface area contributed by atoms with Crippen LogP contribution in [-0.4, -0.2) is 40.3 Å². The van der Waals surface area contributed by atoms with Crippen molar-refractivity contribution in [2.24, 2.45) is 5.92 Å². The molecule has 0 spiro atoms. The zero-order valence-electron chi connectivity index (χ0n) is 16.0. The lowest BCUT2D eigenvalue weighted by molar-refractivity contribution is -0.121. The second-order valence-corrected chi connectivity index (χ2v) is 7.22. The van der Waals surface area contributed by atoms with Gasteiger partial charge in [-0.3, -0.25) is 9.48 Å². The van der Waals surface area contributed by atoms with Crippen LogP contribution in [0.1, 0.15) is 36.2 Å². The summed E-state index contributed by atoms with van der Waals surface area (Å²) < 4.78 is 1.94. The van der Waals surface area contributed by atoms with Gasteiger partial charge in [0.05, 0.1) is 5.69 Å². The zero-order chi connectivity index (χ0) is 18.5.